The molecule has 1 amide bonds. The summed E-state index contributed by atoms with van der Waals surface area (Å²) in [5.41, 5.74) is 0.271. The minimum atomic E-state index is -0.497. The SMILES string of the molecule is CCN(C(=O)C(C)Sc1nc(C)nc2c1c(=O)n(C)c(=O)n2CC(C)C)c1ccccc1. The van der Waals surface area contributed by atoms with E-state index in [2.05, 4.69) is 9.97 Å². The number of hydrogen-bond donors (Lipinski definition) is 0. The lowest BCUT2D eigenvalue weighted by molar-refractivity contribution is -0.117. The smallest absolute Gasteiger partial charge is 0.312 e. The number of benzene rings is 1. The predicted molar refractivity (Wildman–Crippen MR) is 128 cm³/mol. The van der Waals surface area contributed by atoms with Gasteiger partial charge in [0.15, 0.2) is 5.65 Å². The zero-order valence-electron chi connectivity index (χ0n) is 19.3. The molecule has 32 heavy (non-hydrogen) atoms. The maximum Gasteiger partial charge on any atom is 0.332 e. The molecule has 1 unspecified atom stereocenters. The Kier molecular flexibility index (Phi) is 7.18. The van der Waals surface area contributed by atoms with Crippen molar-refractivity contribution in [2.75, 3.05) is 11.4 Å². The average Bonchev–Trinajstić information content (AvgIpc) is 2.75. The molecule has 0 aliphatic rings. The minimum absolute atomic E-state index is 0.0829. The van der Waals surface area contributed by atoms with Crippen LogP contribution < -0.4 is 16.1 Å². The van der Waals surface area contributed by atoms with E-state index in [1.54, 1.807) is 18.7 Å². The normalized spacial score (nSPS) is 12.3. The summed E-state index contributed by atoms with van der Waals surface area (Å²) < 4.78 is 2.61. The minimum Gasteiger partial charge on any atom is -0.312 e. The third-order valence-corrected chi connectivity index (χ3v) is 6.17. The topological polar surface area (TPSA) is 90.1 Å². The third-order valence-electron chi connectivity index (χ3n) is 5.09. The molecule has 0 fully saturated rings. The first kappa shape index (κ1) is 23.7. The molecule has 0 saturated carbocycles. The molecule has 0 N–H and O–H groups in total. The number of thioether (sulfide) groups is 1. The summed E-state index contributed by atoms with van der Waals surface area (Å²) in [5.74, 6) is 0.546. The Hall–Kier alpha value is -2.94. The molecule has 0 aliphatic carbocycles. The van der Waals surface area contributed by atoms with Crippen molar-refractivity contribution in [3.63, 3.8) is 0 Å². The Labute approximate surface area is 191 Å². The molecule has 3 aromatic rings. The Balaban J connectivity index is 2.09. The van der Waals surface area contributed by atoms with Crippen LogP contribution in [0.25, 0.3) is 11.0 Å². The van der Waals surface area contributed by atoms with Crippen LogP contribution in [0.5, 0.6) is 0 Å². The number of amides is 1. The van der Waals surface area contributed by atoms with Crippen molar-refractivity contribution in [2.45, 2.75) is 51.4 Å². The quantitative estimate of drug-likeness (QED) is 0.402. The summed E-state index contributed by atoms with van der Waals surface area (Å²) >= 11 is 1.22. The molecule has 1 atom stereocenters. The Morgan fingerprint density at radius 1 is 1.12 bits per heavy atom. The molecule has 1 aromatic carbocycles. The number of aryl methyl sites for hydroxylation is 1. The molecule has 0 aliphatic heterocycles. The number of carbonyl (C=O) groups excluding carboxylic acids is 1. The Morgan fingerprint density at radius 2 is 1.78 bits per heavy atom. The predicted octanol–water partition coefficient (Wildman–Crippen LogP) is 2.99. The average molecular weight is 456 g/mol. The van der Waals surface area contributed by atoms with Gasteiger partial charge in [-0.1, -0.05) is 43.8 Å². The van der Waals surface area contributed by atoms with Crippen LogP contribution in [0.2, 0.25) is 0 Å². The van der Waals surface area contributed by atoms with Crippen LogP contribution in [0.3, 0.4) is 0 Å². The van der Waals surface area contributed by atoms with Gasteiger partial charge < -0.3 is 4.90 Å². The van der Waals surface area contributed by atoms with Gasteiger partial charge in [0.25, 0.3) is 5.56 Å². The van der Waals surface area contributed by atoms with Gasteiger partial charge in [-0.25, -0.2) is 14.8 Å². The molecule has 170 valence electrons. The fraction of sp³-hybridized carbons (Fsp3) is 0.435. The lowest BCUT2D eigenvalue weighted by Gasteiger charge is -2.24. The van der Waals surface area contributed by atoms with Crippen molar-refractivity contribution in [1.82, 2.24) is 19.1 Å². The van der Waals surface area contributed by atoms with Gasteiger partial charge >= 0.3 is 5.69 Å². The van der Waals surface area contributed by atoms with Crippen molar-refractivity contribution in [2.24, 2.45) is 13.0 Å². The largest absolute Gasteiger partial charge is 0.332 e. The summed E-state index contributed by atoms with van der Waals surface area (Å²) in [5, 5.41) is 0.184. The van der Waals surface area contributed by atoms with E-state index in [0.717, 1.165) is 10.3 Å². The molecular weight excluding hydrogens is 426 g/mol. The van der Waals surface area contributed by atoms with E-state index < -0.39 is 16.5 Å². The fourth-order valence-corrected chi connectivity index (χ4v) is 4.61. The highest BCUT2D eigenvalue weighted by Crippen LogP contribution is 2.28. The first-order chi connectivity index (χ1) is 15.1. The van der Waals surface area contributed by atoms with Crippen molar-refractivity contribution < 1.29 is 4.79 Å². The van der Waals surface area contributed by atoms with E-state index in [1.807, 2.05) is 51.1 Å². The zero-order valence-corrected chi connectivity index (χ0v) is 20.1. The molecule has 0 spiro atoms. The highest BCUT2D eigenvalue weighted by molar-refractivity contribution is 8.00. The molecule has 8 nitrogen and oxygen atoms in total. The maximum absolute atomic E-state index is 13.2. The summed E-state index contributed by atoms with van der Waals surface area (Å²) in [6, 6.07) is 9.47. The van der Waals surface area contributed by atoms with E-state index in [9.17, 15) is 14.4 Å². The lowest BCUT2D eigenvalue weighted by atomic mass is 10.2. The zero-order chi connectivity index (χ0) is 23.6. The number of aromatic nitrogens is 4. The highest BCUT2D eigenvalue weighted by Gasteiger charge is 2.25. The molecule has 2 heterocycles. The van der Waals surface area contributed by atoms with Crippen LogP contribution >= 0.6 is 11.8 Å². The second-order valence-electron chi connectivity index (χ2n) is 8.10. The molecule has 2 aromatic heterocycles. The van der Waals surface area contributed by atoms with Crippen LogP contribution in [0.15, 0.2) is 44.9 Å². The summed E-state index contributed by atoms with van der Waals surface area (Å²) in [6.45, 7) is 10.4. The van der Waals surface area contributed by atoms with Gasteiger partial charge in [0.2, 0.25) is 5.91 Å². The van der Waals surface area contributed by atoms with Crippen molar-refractivity contribution in [3.8, 4) is 0 Å². The van der Waals surface area contributed by atoms with Gasteiger partial charge in [0, 0.05) is 25.8 Å². The Bertz CT molecular complexity index is 1250. The van der Waals surface area contributed by atoms with E-state index >= 15 is 0 Å². The van der Waals surface area contributed by atoms with Gasteiger partial charge in [-0.2, -0.15) is 0 Å². The molecule has 9 heteroatoms. The van der Waals surface area contributed by atoms with Gasteiger partial charge in [-0.15, -0.1) is 0 Å². The van der Waals surface area contributed by atoms with Gasteiger partial charge in [0.1, 0.15) is 16.2 Å². The van der Waals surface area contributed by atoms with Gasteiger partial charge in [0.05, 0.1) is 5.25 Å². The molecule has 3 rings (SSSR count). The van der Waals surface area contributed by atoms with Gasteiger partial charge in [-0.3, -0.25) is 18.7 Å². The van der Waals surface area contributed by atoms with Crippen molar-refractivity contribution in [1.29, 1.82) is 0 Å². The standard InChI is InChI=1S/C23H29N5O3S/c1-7-27(17-11-9-8-10-12-17)21(29)15(4)32-20-18-19(24-16(5)25-20)28(13-14(2)3)23(31)26(6)22(18)30/h8-12,14-15H,7,13H2,1-6H3. The highest BCUT2D eigenvalue weighted by atomic mass is 32.2. The number of hydrogen-bond acceptors (Lipinski definition) is 6. The van der Waals surface area contributed by atoms with E-state index in [4.69, 9.17) is 0 Å². The fourth-order valence-electron chi connectivity index (χ4n) is 3.57. The van der Waals surface area contributed by atoms with E-state index in [0.29, 0.717) is 29.6 Å². The van der Waals surface area contributed by atoms with Crippen LogP contribution in [-0.4, -0.2) is 36.8 Å². The first-order valence-corrected chi connectivity index (χ1v) is 11.5. The lowest BCUT2D eigenvalue weighted by Crippen LogP contribution is -2.40. The van der Waals surface area contributed by atoms with Crippen LogP contribution in [-0.2, 0) is 18.4 Å². The second kappa shape index (κ2) is 9.68. The molecule has 0 radical (unpaired) electrons. The number of nitrogens with zero attached hydrogens (tertiary/aromatic N) is 5. The first-order valence-electron chi connectivity index (χ1n) is 10.7. The number of rotatable bonds is 7. The summed E-state index contributed by atoms with van der Waals surface area (Å²) in [4.78, 5) is 49.7. The van der Waals surface area contributed by atoms with Gasteiger partial charge in [-0.05, 0) is 38.8 Å². The monoisotopic (exact) mass is 455 g/mol. The van der Waals surface area contributed by atoms with Crippen LogP contribution in [0.4, 0.5) is 5.69 Å². The second-order valence-corrected chi connectivity index (χ2v) is 9.43. The third kappa shape index (κ3) is 4.62. The number of carbonyl (C=O) groups is 1. The number of fused-ring (bicyclic) bond motifs is 1. The van der Waals surface area contributed by atoms with Crippen LogP contribution in [0.1, 0.15) is 33.5 Å². The molecule has 0 bridgehead atoms. The maximum atomic E-state index is 13.2. The van der Waals surface area contributed by atoms with E-state index in [-0.39, 0.29) is 17.2 Å². The number of para-hydroxylation sites is 1. The Morgan fingerprint density at radius 3 is 2.38 bits per heavy atom. The van der Waals surface area contributed by atoms with Crippen LogP contribution in [0, 0.1) is 12.8 Å². The summed E-state index contributed by atoms with van der Waals surface area (Å²) in [7, 11) is 1.46. The summed E-state index contributed by atoms with van der Waals surface area (Å²) in [6.07, 6.45) is 0. The molecule has 0 saturated heterocycles. The van der Waals surface area contributed by atoms with Crippen molar-refractivity contribution in [3.05, 3.63) is 57.0 Å². The molecular formula is C23H29N5O3S. The number of anilines is 1. The van der Waals surface area contributed by atoms with Crippen molar-refractivity contribution >= 4 is 34.4 Å². The van der Waals surface area contributed by atoms with E-state index in [1.165, 1.54) is 23.4 Å².